The number of ether oxygens (including phenoxy) is 2. The van der Waals surface area contributed by atoms with Crippen molar-refractivity contribution in [3.63, 3.8) is 0 Å². The number of carbonyl (C=O) groups is 2. The van der Waals surface area contributed by atoms with Gasteiger partial charge in [0, 0.05) is 5.92 Å². The van der Waals surface area contributed by atoms with Crippen LogP contribution in [0.1, 0.15) is 27.6 Å². The fraction of sp³-hybridized carbons (Fsp3) is 0.318. The Morgan fingerprint density at radius 3 is 1.91 bits per heavy atom. The van der Waals surface area contributed by atoms with E-state index in [2.05, 4.69) is 5.16 Å². The summed E-state index contributed by atoms with van der Waals surface area (Å²) in [5.41, 5.74) is 0.544. The van der Waals surface area contributed by atoms with Crippen LogP contribution in [-0.4, -0.2) is 58.8 Å². The predicted octanol–water partition coefficient (Wildman–Crippen LogP) is 2.68. The van der Waals surface area contributed by atoms with Gasteiger partial charge in [0.2, 0.25) is 0 Å². The molecule has 2 rings (SSSR count). The van der Waals surface area contributed by atoms with Gasteiger partial charge < -0.3 is 14.3 Å². The zero-order valence-electron chi connectivity index (χ0n) is 17.9. The largest absolute Gasteiger partial charge is 0.454 e. The molecule has 3 atom stereocenters. The van der Waals surface area contributed by atoms with E-state index in [0.717, 1.165) is 6.26 Å². The highest BCUT2D eigenvalue weighted by molar-refractivity contribution is 7.85. The van der Waals surface area contributed by atoms with Crippen molar-refractivity contribution in [2.75, 3.05) is 20.0 Å². The molecule has 0 saturated carbocycles. The van der Waals surface area contributed by atoms with Crippen LogP contribution < -0.4 is 0 Å². The smallest absolute Gasteiger partial charge is 0.338 e. The highest BCUT2D eigenvalue weighted by Crippen LogP contribution is 2.19. The Morgan fingerprint density at radius 1 is 0.938 bits per heavy atom. The monoisotopic (exact) mass is 463 g/mol. The van der Waals surface area contributed by atoms with Crippen LogP contribution in [0, 0.1) is 5.92 Å². The predicted molar refractivity (Wildman–Crippen MR) is 117 cm³/mol. The van der Waals surface area contributed by atoms with Crippen molar-refractivity contribution in [3.05, 3.63) is 71.8 Å². The minimum Gasteiger partial charge on any atom is -0.454 e. The number of carbonyl (C=O) groups excluding carboxylic acids is 2. The molecule has 2 aromatic carbocycles. The molecule has 0 fully saturated rings. The van der Waals surface area contributed by atoms with E-state index < -0.39 is 40.2 Å². The number of nitrogens with zero attached hydrogens (tertiary/aromatic N) is 1. The van der Waals surface area contributed by atoms with Crippen LogP contribution in [0.15, 0.2) is 65.8 Å². The molecule has 0 heterocycles. The van der Waals surface area contributed by atoms with E-state index in [4.69, 9.17) is 18.5 Å². The van der Waals surface area contributed by atoms with Gasteiger partial charge in [0.1, 0.15) is 13.2 Å². The molecule has 0 aliphatic heterocycles. The van der Waals surface area contributed by atoms with Gasteiger partial charge in [-0.2, -0.15) is 8.42 Å². The van der Waals surface area contributed by atoms with Gasteiger partial charge in [-0.15, -0.1) is 0 Å². The number of rotatable bonds is 11. The van der Waals surface area contributed by atoms with Crippen molar-refractivity contribution in [2.24, 2.45) is 11.1 Å². The highest BCUT2D eigenvalue weighted by Gasteiger charge is 2.34. The summed E-state index contributed by atoms with van der Waals surface area (Å²) in [6.07, 6.45) is -0.241. The third-order valence-electron chi connectivity index (χ3n) is 4.25. The van der Waals surface area contributed by atoms with E-state index in [9.17, 15) is 18.0 Å². The summed E-state index contributed by atoms with van der Waals surface area (Å²) in [4.78, 5) is 30.0. The molecule has 0 spiro atoms. The van der Waals surface area contributed by atoms with Crippen molar-refractivity contribution in [3.8, 4) is 0 Å². The Hall–Kier alpha value is -3.24. The summed E-state index contributed by atoms with van der Waals surface area (Å²) in [7, 11) is -2.45. The van der Waals surface area contributed by atoms with Crippen LogP contribution in [0.5, 0.6) is 0 Å². The maximum absolute atomic E-state index is 12.7. The second-order valence-electron chi connectivity index (χ2n) is 6.87. The van der Waals surface area contributed by atoms with E-state index in [0.29, 0.717) is 0 Å². The molecule has 0 aliphatic rings. The maximum Gasteiger partial charge on any atom is 0.338 e. The van der Waals surface area contributed by atoms with Crippen molar-refractivity contribution < 1.29 is 36.5 Å². The van der Waals surface area contributed by atoms with Crippen LogP contribution >= 0.6 is 0 Å². The quantitative estimate of drug-likeness (QED) is 0.216. The van der Waals surface area contributed by atoms with E-state index in [1.54, 1.807) is 67.6 Å². The van der Waals surface area contributed by atoms with E-state index in [1.165, 1.54) is 13.3 Å². The molecular formula is C22H25NO8S. The van der Waals surface area contributed by atoms with Crippen LogP contribution in [0.2, 0.25) is 0 Å². The average Bonchev–Trinajstić information content (AvgIpc) is 2.79. The van der Waals surface area contributed by atoms with Crippen molar-refractivity contribution in [1.29, 1.82) is 0 Å². The molecule has 0 aliphatic carbocycles. The fourth-order valence-corrected chi connectivity index (χ4v) is 3.13. The van der Waals surface area contributed by atoms with Gasteiger partial charge in [-0.05, 0) is 24.3 Å². The number of oxime groups is 1. The van der Waals surface area contributed by atoms with Crippen LogP contribution in [0.4, 0.5) is 0 Å². The minimum absolute atomic E-state index is 0.269. The van der Waals surface area contributed by atoms with Crippen molar-refractivity contribution in [2.45, 2.75) is 19.1 Å². The first kappa shape index (κ1) is 25.0. The zero-order valence-corrected chi connectivity index (χ0v) is 18.7. The highest BCUT2D eigenvalue weighted by atomic mass is 32.2. The molecule has 172 valence electrons. The molecule has 32 heavy (non-hydrogen) atoms. The van der Waals surface area contributed by atoms with Gasteiger partial charge >= 0.3 is 11.9 Å². The fourth-order valence-electron chi connectivity index (χ4n) is 2.67. The van der Waals surface area contributed by atoms with Gasteiger partial charge in [-0.25, -0.2) is 9.59 Å². The Labute approximate surface area is 187 Å². The number of esters is 2. The van der Waals surface area contributed by atoms with E-state index in [-0.39, 0.29) is 17.7 Å². The Kier molecular flexibility index (Phi) is 9.36. The third kappa shape index (κ3) is 8.12. The summed E-state index contributed by atoms with van der Waals surface area (Å²) in [6, 6.07) is 16.4. The van der Waals surface area contributed by atoms with E-state index >= 15 is 0 Å². The number of hydrogen-bond acceptors (Lipinski definition) is 9. The molecular weight excluding hydrogens is 438 g/mol. The lowest BCUT2D eigenvalue weighted by atomic mass is 10.0. The normalized spacial score (nSPS) is 14.3. The molecule has 0 unspecified atom stereocenters. The minimum atomic E-state index is -3.75. The van der Waals surface area contributed by atoms with E-state index in [1.807, 2.05) is 0 Å². The standard InChI is InChI=1S/C22H25NO8S/c1-16(15-29-32(3,26)27)20(31-22(25)18-12-8-5-9-13-18)19(14-23-28-2)30-21(24)17-10-6-4-7-11-17/h4-14,16,19-20H,15H2,1-3H3/b23-14+/t16-,19-,20-/m1/s1. The molecule has 9 nitrogen and oxygen atoms in total. The first-order chi connectivity index (χ1) is 15.2. The van der Waals surface area contributed by atoms with Crippen molar-refractivity contribution >= 4 is 28.3 Å². The lowest BCUT2D eigenvalue weighted by molar-refractivity contribution is -0.0380. The molecule has 0 saturated heterocycles. The second kappa shape index (κ2) is 12.0. The van der Waals surface area contributed by atoms with Crippen molar-refractivity contribution in [1.82, 2.24) is 0 Å². The zero-order chi connectivity index (χ0) is 23.6. The lowest BCUT2D eigenvalue weighted by Gasteiger charge is -2.28. The first-order valence-electron chi connectivity index (χ1n) is 9.64. The SMILES string of the molecule is CO/N=C/[C@@H](OC(=O)c1ccccc1)[C@H](OC(=O)c1ccccc1)[C@H](C)COS(C)(=O)=O. The summed E-state index contributed by atoms with van der Waals surface area (Å²) >= 11 is 0. The molecule has 2 aromatic rings. The Bertz CT molecular complexity index is 1010. The number of hydrogen-bond donors (Lipinski definition) is 0. The second-order valence-corrected chi connectivity index (χ2v) is 8.52. The molecule has 0 radical (unpaired) electrons. The van der Waals surface area contributed by atoms with Gasteiger partial charge in [0.05, 0.1) is 30.2 Å². The molecule has 0 bridgehead atoms. The Morgan fingerprint density at radius 2 is 1.44 bits per heavy atom. The summed E-state index contributed by atoms with van der Waals surface area (Å²) in [6.45, 7) is 1.28. The first-order valence-corrected chi connectivity index (χ1v) is 11.5. The van der Waals surface area contributed by atoms with Gasteiger partial charge in [0.15, 0.2) is 6.10 Å². The lowest BCUT2D eigenvalue weighted by Crippen LogP contribution is -2.42. The van der Waals surface area contributed by atoms with Gasteiger partial charge in [-0.1, -0.05) is 48.5 Å². The molecule has 10 heteroatoms. The third-order valence-corrected chi connectivity index (χ3v) is 4.81. The Balaban J connectivity index is 2.32. The topological polar surface area (TPSA) is 118 Å². The molecule has 0 amide bonds. The van der Waals surface area contributed by atoms with Crippen LogP contribution in [0.25, 0.3) is 0 Å². The summed E-state index contributed by atoms with van der Waals surface area (Å²) < 4.78 is 38.9. The summed E-state index contributed by atoms with van der Waals surface area (Å²) in [5, 5.41) is 3.66. The van der Waals surface area contributed by atoms with Crippen LogP contribution in [-0.2, 0) is 28.6 Å². The van der Waals surface area contributed by atoms with Gasteiger partial charge in [0.25, 0.3) is 10.1 Å². The van der Waals surface area contributed by atoms with Crippen LogP contribution in [0.3, 0.4) is 0 Å². The number of benzene rings is 2. The van der Waals surface area contributed by atoms with Gasteiger partial charge in [-0.3, -0.25) is 4.18 Å². The average molecular weight is 464 g/mol. The maximum atomic E-state index is 12.7. The summed E-state index contributed by atoms with van der Waals surface area (Å²) in [5.74, 6) is -2.07. The molecule has 0 N–H and O–H groups in total. The molecule has 0 aromatic heterocycles.